The number of halogens is 1. The number of carboxylic acids is 1. The zero-order valence-electron chi connectivity index (χ0n) is 18.6. The first kappa shape index (κ1) is 21.8. The Morgan fingerprint density at radius 2 is 1.82 bits per heavy atom. The minimum absolute atomic E-state index is 0.0478. The fourth-order valence-corrected chi connectivity index (χ4v) is 4.84. The third kappa shape index (κ3) is 3.72. The molecule has 1 saturated carbocycles. The number of hydrogen-bond donors (Lipinski definition) is 2. The highest BCUT2D eigenvalue weighted by Gasteiger charge is 2.31. The number of benzene rings is 1. The van der Waals surface area contributed by atoms with Gasteiger partial charge in [0.1, 0.15) is 11.6 Å². The van der Waals surface area contributed by atoms with Crippen molar-refractivity contribution in [2.75, 3.05) is 5.73 Å². The Morgan fingerprint density at radius 3 is 2.47 bits per heavy atom. The van der Waals surface area contributed by atoms with Crippen molar-refractivity contribution in [1.82, 2.24) is 19.2 Å². The van der Waals surface area contributed by atoms with Crippen molar-refractivity contribution >= 4 is 23.2 Å². The summed E-state index contributed by atoms with van der Waals surface area (Å²) in [7, 11) is 0. The number of fused-ring (bicyclic) bond motifs is 1. The number of nitrogen functional groups attached to an aromatic ring is 1. The number of nitrogens with two attached hydrogens (primary N) is 1. The molecule has 8 nitrogen and oxygen atoms in total. The Balaban J connectivity index is 1.57. The van der Waals surface area contributed by atoms with E-state index in [2.05, 4.69) is 5.10 Å². The summed E-state index contributed by atoms with van der Waals surface area (Å²) in [4.78, 5) is 28.8. The molecule has 1 aliphatic carbocycles. The van der Waals surface area contributed by atoms with E-state index in [-0.39, 0.29) is 29.3 Å². The Kier molecular flexibility index (Phi) is 5.39. The van der Waals surface area contributed by atoms with Crippen molar-refractivity contribution in [3.63, 3.8) is 0 Å². The van der Waals surface area contributed by atoms with E-state index >= 15 is 0 Å². The van der Waals surface area contributed by atoms with Gasteiger partial charge in [-0.15, -0.1) is 0 Å². The monoisotopic (exact) mass is 461 g/mol. The standard InChI is InChI=1S/C25H24FN5O3/c1-14(32)21-22(15-2-4-16(5-3-15)25(33)34)29-24-20(12-28-31(24)23(21)27)17-10-11-30(13-17)19-8-6-18(26)7-9-19/h6-13,15-16H,2-5,27H2,1H3,(H,33,34)/t15-,16+. The molecular weight excluding hydrogens is 437 g/mol. The number of aliphatic carboxylic acids is 1. The highest BCUT2D eigenvalue weighted by Crippen LogP contribution is 2.39. The van der Waals surface area contributed by atoms with Gasteiger partial charge < -0.3 is 15.4 Å². The van der Waals surface area contributed by atoms with Gasteiger partial charge >= 0.3 is 5.97 Å². The van der Waals surface area contributed by atoms with E-state index in [1.807, 2.05) is 23.0 Å². The molecule has 0 aliphatic heterocycles. The van der Waals surface area contributed by atoms with Crippen LogP contribution in [-0.2, 0) is 4.79 Å². The number of carbonyl (C=O) groups excluding carboxylic acids is 1. The number of Topliss-reactive ketones (excluding diaryl/α,β-unsaturated/α-hetero) is 1. The van der Waals surface area contributed by atoms with Crippen LogP contribution in [0.2, 0.25) is 0 Å². The number of anilines is 1. The lowest BCUT2D eigenvalue weighted by Gasteiger charge is -2.27. The molecule has 0 bridgehead atoms. The van der Waals surface area contributed by atoms with Crippen LogP contribution in [0.25, 0.3) is 22.5 Å². The van der Waals surface area contributed by atoms with Crippen molar-refractivity contribution in [1.29, 1.82) is 0 Å². The minimum Gasteiger partial charge on any atom is -0.481 e. The molecule has 0 unspecified atom stereocenters. The minimum atomic E-state index is -0.781. The smallest absolute Gasteiger partial charge is 0.306 e. The fraction of sp³-hybridized carbons (Fsp3) is 0.280. The van der Waals surface area contributed by atoms with Crippen LogP contribution in [0.3, 0.4) is 0 Å². The predicted octanol–water partition coefficient (Wildman–Crippen LogP) is 4.47. The second-order valence-electron chi connectivity index (χ2n) is 8.78. The van der Waals surface area contributed by atoms with Crippen molar-refractivity contribution in [3.05, 3.63) is 66.0 Å². The van der Waals surface area contributed by atoms with Gasteiger partial charge in [-0.1, -0.05) is 0 Å². The maximum Gasteiger partial charge on any atom is 0.306 e. The van der Waals surface area contributed by atoms with Crippen molar-refractivity contribution in [2.24, 2.45) is 5.92 Å². The van der Waals surface area contributed by atoms with E-state index in [0.29, 0.717) is 42.6 Å². The second kappa shape index (κ2) is 8.40. The van der Waals surface area contributed by atoms with E-state index in [0.717, 1.165) is 16.8 Å². The van der Waals surface area contributed by atoms with Gasteiger partial charge in [0, 0.05) is 35.1 Å². The molecule has 1 aliphatic rings. The molecule has 34 heavy (non-hydrogen) atoms. The highest BCUT2D eigenvalue weighted by atomic mass is 19.1. The average molecular weight is 461 g/mol. The van der Waals surface area contributed by atoms with Gasteiger partial charge in [-0.05, 0) is 62.9 Å². The normalized spacial score (nSPS) is 18.3. The van der Waals surface area contributed by atoms with Crippen LogP contribution in [0.5, 0.6) is 0 Å². The molecule has 5 rings (SSSR count). The lowest BCUT2D eigenvalue weighted by molar-refractivity contribution is -0.142. The van der Waals surface area contributed by atoms with E-state index in [4.69, 9.17) is 10.7 Å². The van der Waals surface area contributed by atoms with Crippen LogP contribution in [0.4, 0.5) is 10.2 Å². The zero-order chi connectivity index (χ0) is 24.0. The molecule has 9 heteroatoms. The molecule has 0 atom stereocenters. The van der Waals surface area contributed by atoms with Crippen molar-refractivity contribution in [3.8, 4) is 16.8 Å². The third-order valence-electron chi connectivity index (χ3n) is 6.65. The summed E-state index contributed by atoms with van der Waals surface area (Å²) in [5.41, 5.74) is 10.3. The largest absolute Gasteiger partial charge is 0.481 e. The number of carbonyl (C=O) groups is 2. The molecule has 0 saturated heterocycles. The van der Waals surface area contributed by atoms with E-state index in [9.17, 15) is 19.1 Å². The number of hydrogen-bond acceptors (Lipinski definition) is 5. The van der Waals surface area contributed by atoms with E-state index < -0.39 is 5.97 Å². The zero-order valence-corrected chi connectivity index (χ0v) is 18.6. The predicted molar refractivity (Wildman–Crippen MR) is 124 cm³/mol. The Hall–Kier alpha value is -4.01. The summed E-state index contributed by atoms with van der Waals surface area (Å²) < 4.78 is 16.6. The third-order valence-corrected chi connectivity index (χ3v) is 6.65. The van der Waals surface area contributed by atoms with Crippen LogP contribution in [0.1, 0.15) is 54.6 Å². The topological polar surface area (TPSA) is 116 Å². The fourth-order valence-electron chi connectivity index (χ4n) is 4.84. The molecule has 3 N–H and O–H groups in total. The van der Waals surface area contributed by atoms with Crippen LogP contribution in [0, 0.1) is 11.7 Å². The van der Waals surface area contributed by atoms with Crippen LogP contribution in [-0.4, -0.2) is 36.0 Å². The van der Waals surface area contributed by atoms with Gasteiger partial charge in [-0.3, -0.25) is 9.59 Å². The molecule has 1 aromatic carbocycles. The Morgan fingerprint density at radius 1 is 1.12 bits per heavy atom. The number of ketones is 1. The molecule has 0 amide bonds. The summed E-state index contributed by atoms with van der Waals surface area (Å²) in [6.07, 6.45) is 7.77. The van der Waals surface area contributed by atoms with Crippen molar-refractivity contribution < 1.29 is 19.1 Å². The molecule has 1 fully saturated rings. The maximum atomic E-state index is 13.3. The van der Waals surface area contributed by atoms with Gasteiger partial charge in [0.2, 0.25) is 0 Å². The quantitative estimate of drug-likeness (QED) is 0.424. The van der Waals surface area contributed by atoms with Crippen LogP contribution in [0.15, 0.2) is 48.9 Å². The Labute approximate surface area is 194 Å². The van der Waals surface area contributed by atoms with Gasteiger partial charge in [0.25, 0.3) is 0 Å². The molecule has 3 heterocycles. The SMILES string of the molecule is CC(=O)c1c(N)n2ncc(-c3ccn(-c4ccc(F)cc4)c3)c2nc1[C@H]1CC[C@@H](C(=O)O)CC1. The highest BCUT2D eigenvalue weighted by molar-refractivity contribution is 6.00. The lowest BCUT2D eigenvalue weighted by Crippen LogP contribution is -2.23. The summed E-state index contributed by atoms with van der Waals surface area (Å²) in [6, 6.07) is 8.10. The first-order valence-electron chi connectivity index (χ1n) is 11.2. The van der Waals surface area contributed by atoms with Gasteiger partial charge in [-0.25, -0.2) is 9.37 Å². The number of rotatable bonds is 5. The molecule has 0 radical (unpaired) electrons. The van der Waals surface area contributed by atoms with Crippen molar-refractivity contribution in [2.45, 2.75) is 38.5 Å². The summed E-state index contributed by atoms with van der Waals surface area (Å²) in [5.74, 6) is -1.45. The maximum absolute atomic E-state index is 13.3. The van der Waals surface area contributed by atoms with E-state index in [1.54, 1.807) is 18.3 Å². The summed E-state index contributed by atoms with van der Waals surface area (Å²) >= 11 is 0. The number of carboxylic acid groups (broad SMARTS) is 1. The second-order valence-corrected chi connectivity index (χ2v) is 8.78. The van der Waals surface area contributed by atoms with Crippen LogP contribution < -0.4 is 5.73 Å². The van der Waals surface area contributed by atoms with Gasteiger partial charge in [0.05, 0.1) is 23.4 Å². The van der Waals surface area contributed by atoms with E-state index in [1.165, 1.54) is 23.6 Å². The molecule has 0 spiro atoms. The summed E-state index contributed by atoms with van der Waals surface area (Å²) in [5, 5.41) is 13.7. The number of aromatic nitrogens is 4. The van der Waals surface area contributed by atoms with Gasteiger partial charge in [-0.2, -0.15) is 9.61 Å². The average Bonchev–Trinajstić information content (AvgIpc) is 3.46. The summed E-state index contributed by atoms with van der Waals surface area (Å²) in [6.45, 7) is 1.46. The first-order valence-corrected chi connectivity index (χ1v) is 11.2. The molecule has 174 valence electrons. The van der Waals surface area contributed by atoms with Crippen LogP contribution >= 0.6 is 0 Å². The molecule has 4 aromatic rings. The molecule has 3 aromatic heterocycles. The number of nitrogens with zero attached hydrogens (tertiary/aromatic N) is 4. The Bertz CT molecular complexity index is 1400. The first-order chi connectivity index (χ1) is 16.3. The molecular formula is C25H24FN5O3. The lowest BCUT2D eigenvalue weighted by atomic mass is 9.79. The van der Waals surface area contributed by atoms with Gasteiger partial charge in [0.15, 0.2) is 11.4 Å².